The van der Waals surface area contributed by atoms with E-state index in [4.69, 9.17) is 11.6 Å². The Morgan fingerprint density at radius 3 is 2.76 bits per heavy atom. The van der Waals surface area contributed by atoms with Gasteiger partial charge in [0.15, 0.2) is 0 Å². The zero-order valence-corrected chi connectivity index (χ0v) is 13.0. The van der Waals surface area contributed by atoms with Gasteiger partial charge >= 0.3 is 0 Å². The van der Waals surface area contributed by atoms with Crippen LogP contribution in [-0.4, -0.2) is 39.7 Å². The molecule has 0 aliphatic carbocycles. The third kappa shape index (κ3) is 2.32. The fourth-order valence-corrected chi connectivity index (χ4v) is 3.33. The minimum absolute atomic E-state index is 0.107. The molecular formula is C16H19ClN2O2. The lowest BCUT2D eigenvalue weighted by molar-refractivity contribution is 0.0243. The van der Waals surface area contributed by atoms with Crippen LogP contribution >= 0.6 is 11.6 Å². The number of nitrogens with zero attached hydrogens (tertiary/aromatic N) is 2. The van der Waals surface area contributed by atoms with Crippen molar-refractivity contribution < 1.29 is 9.90 Å². The van der Waals surface area contributed by atoms with Gasteiger partial charge in [0, 0.05) is 31.0 Å². The number of carbonyl (C=O) groups excluding carboxylic acids is 1. The van der Waals surface area contributed by atoms with Gasteiger partial charge in [-0.2, -0.15) is 0 Å². The molecule has 21 heavy (non-hydrogen) atoms. The Morgan fingerprint density at radius 1 is 1.38 bits per heavy atom. The van der Waals surface area contributed by atoms with Crippen molar-refractivity contribution in [3.63, 3.8) is 0 Å². The van der Waals surface area contributed by atoms with E-state index in [0.29, 0.717) is 23.8 Å². The lowest BCUT2D eigenvalue weighted by atomic mass is 9.96. The van der Waals surface area contributed by atoms with Gasteiger partial charge < -0.3 is 14.6 Å². The molecule has 1 aliphatic heterocycles. The second-order valence-corrected chi connectivity index (χ2v) is 6.20. The summed E-state index contributed by atoms with van der Waals surface area (Å²) in [5.41, 5.74) is 1.44. The molecule has 1 aliphatic rings. The summed E-state index contributed by atoms with van der Waals surface area (Å²) < 4.78 is 1.84. The quantitative estimate of drug-likeness (QED) is 0.880. The molecule has 2 aromatic rings. The lowest BCUT2D eigenvalue weighted by Crippen LogP contribution is -2.46. The van der Waals surface area contributed by atoms with Crippen LogP contribution in [0.3, 0.4) is 0 Å². The molecule has 0 bridgehead atoms. The number of aryl methyl sites for hydroxylation is 1. The van der Waals surface area contributed by atoms with E-state index in [1.54, 1.807) is 4.90 Å². The van der Waals surface area contributed by atoms with Gasteiger partial charge in [-0.3, -0.25) is 4.79 Å². The average Bonchev–Trinajstić information content (AvgIpc) is 2.74. The average molecular weight is 307 g/mol. The third-order valence-corrected chi connectivity index (χ3v) is 4.84. The van der Waals surface area contributed by atoms with Crippen LogP contribution in [0.4, 0.5) is 0 Å². The van der Waals surface area contributed by atoms with E-state index in [1.165, 1.54) is 0 Å². The van der Waals surface area contributed by atoms with Crippen molar-refractivity contribution in [2.75, 3.05) is 13.1 Å². The molecule has 112 valence electrons. The Labute approximate surface area is 128 Å². The number of aliphatic hydroxyl groups is 1. The highest BCUT2D eigenvalue weighted by atomic mass is 35.5. The number of aliphatic hydroxyl groups excluding tert-OH is 1. The Balaban J connectivity index is 1.99. The van der Waals surface area contributed by atoms with Gasteiger partial charge in [0.1, 0.15) is 5.69 Å². The summed E-state index contributed by atoms with van der Waals surface area (Å²) in [7, 11) is 1.85. The number of hydrogen-bond acceptors (Lipinski definition) is 2. The second-order valence-electron chi connectivity index (χ2n) is 5.82. The second kappa shape index (κ2) is 5.35. The van der Waals surface area contributed by atoms with Crippen molar-refractivity contribution in [1.29, 1.82) is 0 Å². The summed E-state index contributed by atoms with van der Waals surface area (Å²) in [6.45, 7) is 3.04. The van der Waals surface area contributed by atoms with Crippen molar-refractivity contribution in [3.05, 3.63) is 35.0 Å². The van der Waals surface area contributed by atoms with Gasteiger partial charge in [-0.25, -0.2) is 0 Å². The fraction of sp³-hybridized carbons (Fsp3) is 0.438. The van der Waals surface area contributed by atoms with Crippen LogP contribution in [0.2, 0.25) is 5.02 Å². The molecular weight excluding hydrogens is 288 g/mol. The zero-order chi connectivity index (χ0) is 15.1. The molecule has 0 radical (unpaired) electrons. The number of benzene rings is 1. The summed E-state index contributed by atoms with van der Waals surface area (Å²) in [6.07, 6.45) is 0.352. The fourth-order valence-electron chi connectivity index (χ4n) is 2.97. The number of fused-ring (bicyclic) bond motifs is 1. The molecule has 2 unspecified atom stereocenters. The number of β-amino-alcohol motifs (C(OH)–C–C–N with tert-alkyl or cyclic N) is 1. The van der Waals surface area contributed by atoms with Crippen molar-refractivity contribution in [2.24, 2.45) is 13.0 Å². The first-order chi connectivity index (χ1) is 10.0. The molecule has 1 N–H and O–H groups in total. The molecule has 4 nitrogen and oxygen atoms in total. The molecule has 2 atom stereocenters. The van der Waals surface area contributed by atoms with E-state index in [0.717, 1.165) is 17.3 Å². The Morgan fingerprint density at radius 2 is 2.10 bits per heavy atom. The first kappa shape index (κ1) is 14.4. The summed E-state index contributed by atoms with van der Waals surface area (Å²) >= 11 is 6.41. The van der Waals surface area contributed by atoms with Crippen LogP contribution in [0.25, 0.3) is 10.9 Å². The van der Waals surface area contributed by atoms with Gasteiger partial charge in [-0.05, 0) is 18.4 Å². The van der Waals surface area contributed by atoms with Crippen LogP contribution < -0.4 is 0 Å². The van der Waals surface area contributed by atoms with E-state index in [9.17, 15) is 9.90 Å². The van der Waals surface area contributed by atoms with Gasteiger partial charge in [0.05, 0.1) is 11.1 Å². The Hall–Kier alpha value is -1.52. The normalized spacial score (nSPS) is 22.8. The molecule has 0 spiro atoms. The number of carbonyl (C=O) groups is 1. The van der Waals surface area contributed by atoms with Crippen molar-refractivity contribution in [1.82, 2.24) is 9.47 Å². The number of amides is 1. The largest absolute Gasteiger partial charge is 0.391 e. The standard InChI is InChI=1S/C16H19ClN2O2/c1-10-7-8-19(9-13(10)20)16(21)15-14(17)11-5-3-4-6-12(11)18(15)2/h3-6,10,13,20H,7-9H2,1-2H3. The molecule has 1 fully saturated rings. The van der Waals surface area contributed by atoms with Crippen LogP contribution in [0.5, 0.6) is 0 Å². The van der Waals surface area contributed by atoms with Gasteiger partial charge in [-0.1, -0.05) is 36.7 Å². The number of piperidine rings is 1. The van der Waals surface area contributed by atoms with Gasteiger partial charge in [0.2, 0.25) is 0 Å². The number of hydrogen-bond donors (Lipinski definition) is 1. The van der Waals surface area contributed by atoms with E-state index in [1.807, 2.05) is 42.8 Å². The molecule has 3 rings (SSSR count). The molecule has 0 saturated carbocycles. The summed E-state index contributed by atoms with van der Waals surface area (Å²) in [5, 5.41) is 11.4. The lowest BCUT2D eigenvalue weighted by Gasteiger charge is -2.34. The molecule has 2 heterocycles. The van der Waals surface area contributed by atoms with E-state index >= 15 is 0 Å². The van der Waals surface area contributed by atoms with E-state index in [2.05, 4.69) is 0 Å². The van der Waals surface area contributed by atoms with E-state index < -0.39 is 6.10 Å². The first-order valence-electron chi connectivity index (χ1n) is 7.21. The maximum absolute atomic E-state index is 12.8. The highest BCUT2D eigenvalue weighted by Crippen LogP contribution is 2.31. The Kier molecular flexibility index (Phi) is 3.68. The number of aromatic nitrogens is 1. The van der Waals surface area contributed by atoms with Crippen LogP contribution in [-0.2, 0) is 7.05 Å². The minimum Gasteiger partial charge on any atom is -0.391 e. The summed E-state index contributed by atoms with van der Waals surface area (Å²) in [4.78, 5) is 14.5. The molecule has 1 amide bonds. The Bertz CT molecular complexity index is 656. The summed E-state index contributed by atoms with van der Waals surface area (Å²) in [5.74, 6) is 0.127. The smallest absolute Gasteiger partial charge is 0.272 e. The minimum atomic E-state index is -0.462. The van der Waals surface area contributed by atoms with Crippen LogP contribution in [0.1, 0.15) is 23.8 Å². The molecule has 1 saturated heterocycles. The molecule has 1 aromatic carbocycles. The highest BCUT2D eigenvalue weighted by molar-refractivity contribution is 6.38. The van der Waals surface area contributed by atoms with Crippen LogP contribution in [0, 0.1) is 5.92 Å². The van der Waals surface area contributed by atoms with Gasteiger partial charge in [-0.15, -0.1) is 0 Å². The first-order valence-corrected chi connectivity index (χ1v) is 7.58. The van der Waals surface area contributed by atoms with Crippen LogP contribution in [0.15, 0.2) is 24.3 Å². The van der Waals surface area contributed by atoms with Crippen molar-refractivity contribution in [2.45, 2.75) is 19.4 Å². The predicted molar refractivity (Wildman–Crippen MR) is 83.6 cm³/mol. The number of halogens is 1. The number of likely N-dealkylation sites (tertiary alicyclic amines) is 1. The SMILES string of the molecule is CC1CCN(C(=O)c2c(Cl)c3ccccc3n2C)CC1O. The number of rotatable bonds is 1. The van der Waals surface area contributed by atoms with Crippen molar-refractivity contribution >= 4 is 28.4 Å². The third-order valence-electron chi connectivity index (χ3n) is 4.45. The molecule has 5 heteroatoms. The molecule has 1 aromatic heterocycles. The maximum Gasteiger partial charge on any atom is 0.272 e. The topological polar surface area (TPSA) is 45.5 Å². The maximum atomic E-state index is 12.8. The highest BCUT2D eigenvalue weighted by Gasteiger charge is 2.30. The predicted octanol–water partition coefficient (Wildman–Crippen LogP) is 2.67. The van der Waals surface area contributed by atoms with Crippen molar-refractivity contribution in [3.8, 4) is 0 Å². The monoisotopic (exact) mass is 306 g/mol. The van der Waals surface area contributed by atoms with Gasteiger partial charge in [0.25, 0.3) is 5.91 Å². The number of para-hydroxylation sites is 1. The van der Waals surface area contributed by atoms with E-state index in [-0.39, 0.29) is 11.8 Å². The zero-order valence-electron chi connectivity index (χ0n) is 12.2. The summed E-state index contributed by atoms with van der Waals surface area (Å²) in [6, 6.07) is 7.71.